The van der Waals surface area contributed by atoms with E-state index in [0.29, 0.717) is 6.54 Å². The van der Waals surface area contributed by atoms with E-state index in [1.165, 1.54) is 13.2 Å². The molecule has 1 aromatic heterocycles. The molecule has 0 spiro atoms. The van der Waals surface area contributed by atoms with E-state index >= 15 is 0 Å². The molecule has 1 saturated heterocycles. The van der Waals surface area contributed by atoms with E-state index in [2.05, 4.69) is 4.74 Å². The van der Waals surface area contributed by atoms with Gasteiger partial charge in [0.05, 0.1) is 25.3 Å². The number of pyridine rings is 1. The predicted molar refractivity (Wildman–Crippen MR) is 61.0 cm³/mol. The van der Waals surface area contributed by atoms with Crippen molar-refractivity contribution in [1.29, 1.82) is 0 Å². The molecule has 1 unspecified atom stereocenters. The van der Waals surface area contributed by atoms with Gasteiger partial charge in [-0.2, -0.15) is 0 Å². The van der Waals surface area contributed by atoms with Crippen molar-refractivity contribution in [3.05, 3.63) is 34.2 Å². The number of esters is 1. The van der Waals surface area contributed by atoms with E-state index in [0.717, 1.165) is 19.4 Å². The van der Waals surface area contributed by atoms with E-state index in [4.69, 9.17) is 4.74 Å². The van der Waals surface area contributed by atoms with Gasteiger partial charge in [0.15, 0.2) is 0 Å². The Hall–Kier alpha value is -1.62. The van der Waals surface area contributed by atoms with Crippen LogP contribution in [0.3, 0.4) is 0 Å². The van der Waals surface area contributed by atoms with E-state index in [-0.39, 0.29) is 17.2 Å². The molecule has 2 rings (SSSR count). The first-order chi connectivity index (χ1) is 8.20. The fourth-order valence-corrected chi connectivity index (χ4v) is 1.91. The summed E-state index contributed by atoms with van der Waals surface area (Å²) >= 11 is 0. The van der Waals surface area contributed by atoms with Crippen molar-refractivity contribution in [2.45, 2.75) is 25.5 Å². The highest BCUT2D eigenvalue weighted by Crippen LogP contribution is 2.13. The van der Waals surface area contributed by atoms with Crippen LogP contribution in [0, 0.1) is 0 Å². The first-order valence-corrected chi connectivity index (χ1v) is 5.61. The number of carbonyl (C=O) groups excluding carboxylic acids is 1. The smallest absolute Gasteiger partial charge is 0.338 e. The van der Waals surface area contributed by atoms with Gasteiger partial charge in [-0.1, -0.05) is 0 Å². The summed E-state index contributed by atoms with van der Waals surface area (Å²) in [6, 6.07) is 2.88. The van der Waals surface area contributed by atoms with Crippen molar-refractivity contribution >= 4 is 5.97 Å². The fourth-order valence-electron chi connectivity index (χ4n) is 1.91. The zero-order chi connectivity index (χ0) is 12.3. The lowest BCUT2D eigenvalue weighted by atomic mass is 10.2. The number of rotatable bonds is 3. The van der Waals surface area contributed by atoms with Crippen molar-refractivity contribution < 1.29 is 14.3 Å². The van der Waals surface area contributed by atoms with E-state index < -0.39 is 5.97 Å². The number of ether oxygens (including phenoxy) is 2. The lowest BCUT2D eigenvalue weighted by Crippen LogP contribution is -2.26. The van der Waals surface area contributed by atoms with Gasteiger partial charge in [0, 0.05) is 18.9 Å². The third-order valence-electron chi connectivity index (χ3n) is 2.84. The van der Waals surface area contributed by atoms with Gasteiger partial charge >= 0.3 is 5.97 Å². The molecule has 1 aromatic rings. The molecule has 0 radical (unpaired) electrons. The summed E-state index contributed by atoms with van der Waals surface area (Å²) in [7, 11) is 1.29. The van der Waals surface area contributed by atoms with Crippen molar-refractivity contribution in [2.24, 2.45) is 0 Å². The van der Waals surface area contributed by atoms with E-state index in [1.807, 2.05) is 0 Å². The van der Waals surface area contributed by atoms with Crippen LogP contribution in [0.4, 0.5) is 0 Å². The average molecular weight is 237 g/mol. The lowest BCUT2D eigenvalue weighted by molar-refractivity contribution is 0.0600. The highest BCUT2D eigenvalue weighted by atomic mass is 16.5. The Kier molecular flexibility index (Phi) is 3.58. The minimum atomic E-state index is -0.494. The number of nitrogens with zero attached hydrogens (tertiary/aromatic N) is 1. The quantitative estimate of drug-likeness (QED) is 0.730. The van der Waals surface area contributed by atoms with Crippen molar-refractivity contribution in [3.63, 3.8) is 0 Å². The Morgan fingerprint density at radius 3 is 3.06 bits per heavy atom. The van der Waals surface area contributed by atoms with Crippen LogP contribution in [-0.2, 0) is 16.0 Å². The maximum absolute atomic E-state index is 11.7. The van der Waals surface area contributed by atoms with Gasteiger partial charge in [0.2, 0.25) is 0 Å². The number of hydrogen-bond donors (Lipinski definition) is 0. The van der Waals surface area contributed by atoms with Crippen LogP contribution in [0.15, 0.2) is 23.1 Å². The van der Waals surface area contributed by atoms with Crippen LogP contribution >= 0.6 is 0 Å². The molecule has 92 valence electrons. The molecule has 0 bridgehead atoms. The molecule has 0 N–H and O–H groups in total. The minimum absolute atomic E-state index is 0.108. The zero-order valence-electron chi connectivity index (χ0n) is 9.72. The highest BCUT2D eigenvalue weighted by molar-refractivity contribution is 5.88. The third kappa shape index (κ3) is 2.74. The largest absolute Gasteiger partial charge is 0.465 e. The molecule has 5 nitrogen and oxygen atoms in total. The first-order valence-electron chi connectivity index (χ1n) is 5.61. The maximum atomic E-state index is 11.7. The summed E-state index contributed by atoms with van der Waals surface area (Å²) in [5.74, 6) is -0.494. The van der Waals surface area contributed by atoms with Crippen molar-refractivity contribution in [1.82, 2.24) is 4.57 Å². The Bertz CT molecular complexity index is 460. The molecule has 0 aromatic carbocycles. The summed E-state index contributed by atoms with van der Waals surface area (Å²) < 4.78 is 11.6. The van der Waals surface area contributed by atoms with Crippen LogP contribution in [0.2, 0.25) is 0 Å². The van der Waals surface area contributed by atoms with Gasteiger partial charge in [-0.3, -0.25) is 4.79 Å². The van der Waals surface area contributed by atoms with Gasteiger partial charge in [-0.05, 0) is 18.9 Å². The molecule has 2 heterocycles. The topological polar surface area (TPSA) is 57.5 Å². The lowest BCUT2D eigenvalue weighted by Gasteiger charge is -2.11. The molecular weight excluding hydrogens is 222 g/mol. The molecule has 0 amide bonds. The average Bonchev–Trinajstić information content (AvgIpc) is 2.83. The molecular formula is C12H15NO4. The Labute approximate surface area is 99.0 Å². The number of methoxy groups -OCH3 is 1. The fraction of sp³-hybridized carbons (Fsp3) is 0.500. The van der Waals surface area contributed by atoms with Gasteiger partial charge in [0.25, 0.3) is 5.56 Å². The van der Waals surface area contributed by atoms with Gasteiger partial charge < -0.3 is 14.0 Å². The number of hydrogen-bond acceptors (Lipinski definition) is 4. The summed E-state index contributed by atoms with van der Waals surface area (Å²) in [5.41, 5.74) is 0.0736. The zero-order valence-corrected chi connectivity index (χ0v) is 9.72. The monoisotopic (exact) mass is 237 g/mol. The standard InChI is InChI=1S/C12H15NO4/c1-16-12(15)9-4-5-13(11(14)7-9)8-10-3-2-6-17-10/h4-5,7,10H,2-3,6,8H2,1H3. The van der Waals surface area contributed by atoms with Crippen LogP contribution in [0.5, 0.6) is 0 Å². The summed E-state index contributed by atoms with van der Waals surface area (Å²) in [6.07, 6.45) is 3.73. The van der Waals surface area contributed by atoms with E-state index in [1.54, 1.807) is 16.8 Å². The van der Waals surface area contributed by atoms with E-state index in [9.17, 15) is 9.59 Å². The molecule has 5 heteroatoms. The molecule has 1 aliphatic rings. The Morgan fingerprint density at radius 1 is 1.65 bits per heavy atom. The third-order valence-corrected chi connectivity index (χ3v) is 2.84. The highest BCUT2D eigenvalue weighted by Gasteiger charge is 2.16. The maximum Gasteiger partial charge on any atom is 0.338 e. The molecule has 17 heavy (non-hydrogen) atoms. The second-order valence-electron chi connectivity index (χ2n) is 4.03. The predicted octanol–water partition coefficient (Wildman–Crippen LogP) is 0.814. The normalized spacial score (nSPS) is 19.2. The van der Waals surface area contributed by atoms with Crippen molar-refractivity contribution in [2.75, 3.05) is 13.7 Å². The molecule has 1 fully saturated rings. The summed E-state index contributed by atoms with van der Waals surface area (Å²) in [5, 5.41) is 0. The van der Waals surface area contributed by atoms with Gasteiger partial charge in [0.1, 0.15) is 0 Å². The van der Waals surface area contributed by atoms with Gasteiger partial charge in [-0.25, -0.2) is 4.79 Å². The SMILES string of the molecule is COC(=O)c1ccn(CC2CCCO2)c(=O)c1. The molecule has 0 saturated carbocycles. The van der Waals surface area contributed by atoms with Crippen LogP contribution in [0.1, 0.15) is 23.2 Å². The molecule has 0 aliphatic carbocycles. The number of aromatic nitrogens is 1. The van der Waals surface area contributed by atoms with Crippen LogP contribution < -0.4 is 5.56 Å². The second kappa shape index (κ2) is 5.14. The Morgan fingerprint density at radius 2 is 2.47 bits per heavy atom. The van der Waals surface area contributed by atoms with Gasteiger partial charge in [-0.15, -0.1) is 0 Å². The summed E-state index contributed by atoms with van der Waals surface area (Å²) in [4.78, 5) is 23.0. The van der Waals surface area contributed by atoms with Crippen molar-refractivity contribution in [3.8, 4) is 0 Å². The Balaban J connectivity index is 2.14. The second-order valence-corrected chi connectivity index (χ2v) is 4.03. The number of carbonyl (C=O) groups is 1. The minimum Gasteiger partial charge on any atom is -0.465 e. The van der Waals surface area contributed by atoms with Crippen LogP contribution in [0.25, 0.3) is 0 Å². The molecule has 1 aliphatic heterocycles. The molecule has 1 atom stereocenters. The first kappa shape index (κ1) is 11.9. The summed E-state index contributed by atoms with van der Waals surface area (Å²) in [6.45, 7) is 1.31. The van der Waals surface area contributed by atoms with Crippen LogP contribution in [-0.4, -0.2) is 30.4 Å².